The summed E-state index contributed by atoms with van der Waals surface area (Å²) in [6.45, 7) is 1.46. The lowest BCUT2D eigenvalue weighted by atomic mass is 10.1. The summed E-state index contributed by atoms with van der Waals surface area (Å²) in [6.07, 6.45) is 0.824. The van der Waals surface area contributed by atoms with Crippen LogP contribution in [0.1, 0.15) is 22.8 Å². The Kier molecular flexibility index (Phi) is 5.67. The van der Waals surface area contributed by atoms with Crippen LogP contribution in [0.5, 0.6) is 0 Å². The number of nitro groups is 1. The van der Waals surface area contributed by atoms with E-state index in [1.807, 2.05) is 25.1 Å². The van der Waals surface area contributed by atoms with E-state index in [2.05, 4.69) is 5.32 Å². The summed E-state index contributed by atoms with van der Waals surface area (Å²) in [5, 5.41) is 13.4. The number of rotatable bonds is 6. The van der Waals surface area contributed by atoms with Crippen LogP contribution >= 0.6 is 0 Å². The molecular weight excluding hydrogens is 326 g/mol. The second kappa shape index (κ2) is 7.91. The second-order valence-electron chi connectivity index (χ2n) is 5.21. The molecule has 0 saturated carbocycles. The molecule has 8 heteroatoms. The van der Waals surface area contributed by atoms with E-state index in [4.69, 9.17) is 10.5 Å². The maximum absolute atomic E-state index is 12.0. The molecule has 0 radical (unpaired) electrons. The van der Waals surface area contributed by atoms with Crippen molar-refractivity contribution >= 4 is 28.9 Å². The molecule has 0 heterocycles. The van der Waals surface area contributed by atoms with Crippen LogP contribution in [0.2, 0.25) is 0 Å². The van der Waals surface area contributed by atoms with E-state index in [1.54, 1.807) is 6.07 Å². The standard InChI is InChI=1S/C17H17N3O5/c1-2-11-4-3-5-12(8-11)19-16(21)10-25-17(22)14-9-13(20(23)24)6-7-15(14)18/h3-9H,2,10,18H2,1H3,(H,19,21). The van der Waals surface area contributed by atoms with Crippen LogP contribution in [0.3, 0.4) is 0 Å². The Morgan fingerprint density at radius 2 is 2.00 bits per heavy atom. The first kappa shape index (κ1) is 17.9. The number of nitrogens with two attached hydrogens (primary N) is 1. The lowest BCUT2D eigenvalue weighted by molar-refractivity contribution is -0.384. The summed E-state index contributed by atoms with van der Waals surface area (Å²) < 4.78 is 4.88. The second-order valence-corrected chi connectivity index (χ2v) is 5.21. The van der Waals surface area contributed by atoms with Gasteiger partial charge in [-0.25, -0.2) is 4.79 Å². The van der Waals surface area contributed by atoms with Gasteiger partial charge in [-0.3, -0.25) is 14.9 Å². The molecule has 2 aromatic rings. The fraction of sp³-hybridized carbons (Fsp3) is 0.176. The third-order valence-electron chi connectivity index (χ3n) is 3.42. The van der Waals surface area contributed by atoms with Crippen LogP contribution in [0.4, 0.5) is 17.1 Å². The van der Waals surface area contributed by atoms with Crippen molar-refractivity contribution in [3.63, 3.8) is 0 Å². The molecule has 0 atom stereocenters. The van der Waals surface area contributed by atoms with Crippen molar-refractivity contribution in [1.29, 1.82) is 0 Å². The van der Waals surface area contributed by atoms with Gasteiger partial charge < -0.3 is 15.8 Å². The quantitative estimate of drug-likeness (QED) is 0.359. The molecule has 25 heavy (non-hydrogen) atoms. The average Bonchev–Trinajstić information content (AvgIpc) is 2.60. The van der Waals surface area contributed by atoms with E-state index < -0.39 is 23.4 Å². The van der Waals surface area contributed by atoms with Crippen LogP contribution in [-0.2, 0) is 16.0 Å². The lowest BCUT2D eigenvalue weighted by Crippen LogP contribution is -2.21. The highest BCUT2D eigenvalue weighted by Crippen LogP contribution is 2.20. The maximum Gasteiger partial charge on any atom is 0.341 e. The smallest absolute Gasteiger partial charge is 0.341 e. The van der Waals surface area contributed by atoms with Crippen molar-refractivity contribution in [2.24, 2.45) is 0 Å². The van der Waals surface area contributed by atoms with E-state index >= 15 is 0 Å². The molecule has 130 valence electrons. The molecular formula is C17H17N3O5. The van der Waals surface area contributed by atoms with E-state index in [9.17, 15) is 19.7 Å². The predicted octanol–water partition coefficient (Wildman–Crippen LogP) is 2.53. The number of anilines is 2. The minimum absolute atomic E-state index is 0.0339. The van der Waals surface area contributed by atoms with Crippen molar-refractivity contribution in [2.75, 3.05) is 17.7 Å². The number of nitrogen functional groups attached to an aromatic ring is 1. The van der Waals surface area contributed by atoms with Crippen LogP contribution in [0, 0.1) is 10.1 Å². The Hall–Kier alpha value is -3.42. The van der Waals surface area contributed by atoms with E-state index in [1.165, 1.54) is 12.1 Å². The molecule has 2 aromatic carbocycles. The number of hydrogen-bond donors (Lipinski definition) is 2. The first-order valence-corrected chi connectivity index (χ1v) is 7.50. The number of nitrogens with one attached hydrogen (secondary N) is 1. The topological polar surface area (TPSA) is 125 Å². The number of esters is 1. The summed E-state index contributed by atoms with van der Waals surface area (Å²) in [6, 6.07) is 10.7. The van der Waals surface area contributed by atoms with Gasteiger partial charge in [0, 0.05) is 23.5 Å². The fourth-order valence-electron chi connectivity index (χ4n) is 2.11. The Morgan fingerprint density at radius 1 is 1.24 bits per heavy atom. The molecule has 0 unspecified atom stereocenters. The lowest BCUT2D eigenvalue weighted by Gasteiger charge is -2.08. The van der Waals surface area contributed by atoms with Crippen molar-refractivity contribution in [1.82, 2.24) is 0 Å². The molecule has 0 aliphatic carbocycles. The average molecular weight is 343 g/mol. The molecule has 3 N–H and O–H groups in total. The van der Waals surface area contributed by atoms with Gasteiger partial charge in [-0.2, -0.15) is 0 Å². The summed E-state index contributed by atoms with van der Waals surface area (Å²) >= 11 is 0. The van der Waals surface area contributed by atoms with Crippen LogP contribution < -0.4 is 11.1 Å². The summed E-state index contributed by atoms with van der Waals surface area (Å²) in [5.41, 5.74) is 6.86. The number of carbonyl (C=O) groups is 2. The Labute approximate surface area is 143 Å². The predicted molar refractivity (Wildman–Crippen MR) is 92.2 cm³/mol. The van der Waals surface area contributed by atoms with Gasteiger partial charge in [-0.1, -0.05) is 19.1 Å². The molecule has 0 aliphatic rings. The Morgan fingerprint density at radius 3 is 2.68 bits per heavy atom. The van der Waals surface area contributed by atoms with Gasteiger partial charge in [0.1, 0.15) is 0 Å². The number of nitro benzene ring substituents is 1. The molecule has 0 spiro atoms. The molecule has 0 fully saturated rings. The highest BCUT2D eigenvalue weighted by Gasteiger charge is 2.17. The number of hydrogen-bond acceptors (Lipinski definition) is 6. The van der Waals surface area contributed by atoms with Crippen molar-refractivity contribution in [3.05, 3.63) is 63.7 Å². The minimum Gasteiger partial charge on any atom is -0.452 e. The van der Waals surface area contributed by atoms with Gasteiger partial charge in [0.2, 0.25) is 0 Å². The third-order valence-corrected chi connectivity index (χ3v) is 3.42. The first-order valence-electron chi connectivity index (χ1n) is 7.50. The normalized spacial score (nSPS) is 10.1. The van der Waals surface area contributed by atoms with Crippen molar-refractivity contribution < 1.29 is 19.2 Å². The monoisotopic (exact) mass is 343 g/mol. The number of aryl methyl sites for hydroxylation is 1. The minimum atomic E-state index is -0.904. The first-order chi connectivity index (χ1) is 11.9. The summed E-state index contributed by atoms with van der Waals surface area (Å²) in [5.74, 6) is -1.43. The van der Waals surface area contributed by atoms with Gasteiger partial charge in [-0.05, 0) is 30.2 Å². The number of nitrogens with zero attached hydrogens (tertiary/aromatic N) is 1. The van der Waals surface area contributed by atoms with E-state index in [0.29, 0.717) is 5.69 Å². The van der Waals surface area contributed by atoms with Gasteiger partial charge in [-0.15, -0.1) is 0 Å². The Bertz CT molecular complexity index is 820. The molecule has 0 saturated heterocycles. The number of amides is 1. The third kappa shape index (κ3) is 4.77. The summed E-state index contributed by atoms with van der Waals surface area (Å²) in [7, 11) is 0. The van der Waals surface area contributed by atoms with Gasteiger partial charge in [0.15, 0.2) is 6.61 Å². The molecule has 8 nitrogen and oxygen atoms in total. The fourth-order valence-corrected chi connectivity index (χ4v) is 2.11. The molecule has 0 bridgehead atoms. The van der Waals surface area contributed by atoms with Crippen molar-refractivity contribution in [2.45, 2.75) is 13.3 Å². The SMILES string of the molecule is CCc1cccc(NC(=O)COC(=O)c2cc([N+](=O)[O-])ccc2N)c1. The maximum atomic E-state index is 12.0. The van der Waals surface area contributed by atoms with Crippen LogP contribution in [0.15, 0.2) is 42.5 Å². The zero-order valence-electron chi connectivity index (χ0n) is 13.5. The highest BCUT2D eigenvalue weighted by atomic mass is 16.6. The number of non-ortho nitro benzene ring substituents is 1. The summed E-state index contributed by atoms with van der Waals surface area (Å²) in [4.78, 5) is 34.0. The largest absolute Gasteiger partial charge is 0.452 e. The number of carbonyl (C=O) groups excluding carboxylic acids is 2. The molecule has 0 aliphatic heterocycles. The molecule has 1 amide bonds. The zero-order valence-corrected chi connectivity index (χ0v) is 13.5. The van der Waals surface area contributed by atoms with E-state index in [-0.39, 0.29) is 16.9 Å². The van der Waals surface area contributed by atoms with Crippen LogP contribution in [0.25, 0.3) is 0 Å². The Balaban J connectivity index is 1.98. The number of ether oxygens (including phenoxy) is 1. The zero-order chi connectivity index (χ0) is 18.4. The van der Waals surface area contributed by atoms with Gasteiger partial charge in [0.25, 0.3) is 11.6 Å². The van der Waals surface area contributed by atoms with E-state index in [0.717, 1.165) is 18.1 Å². The highest BCUT2D eigenvalue weighted by molar-refractivity contribution is 5.98. The van der Waals surface area contributed by atoms with Gasteiger partial charge in [0.05, 0.1) is 10.5 Å². The molecule has 0 aromatic heterocycles. The van der Waals surface area contributed by atoms with Gasteiger partial charge >= 0.3 is 5.97 Å². The van der Waals surface area contributed by atoms with Crippen LogP contribution in [-0.4, -0.2) is 23.4 Å². The number of benzene rings is 2. The van der Waals surface area contributed by atoms with Crippen molar-refractivity contribution in [3.8, 4) is 0 Å². The molecule has 2 rings (SSSR count).